The Balaban J connectivity index is 1.77. The molecule has 174 valence electrons. The van der Waals surface area contributed by atoms with Gasteiger partial charge in [0.15, 0.2) is 0 Å². The Bertz CT molecular complexity index is 1160. The fourth-order valence-electron chi connectivity index (χ4n) is 4.77. The van der Waals surface area contributed by atoms with Gasteiger partial charge in [0.05, 0.1) is 10.4 Å². The van der Waals surface area contributed by atoms with Crippen LogP contribution in [0.2, 0.25) is 0 Å². The van der Waals surface area contributed by atoms with E-state index in [-0.39, 0.29) is 21.8 Å². The second-order valence-corrected chi connectivity index (χ2v) is 11.1. The predicted octanol–water partition coefficient (Wildman–Crippen LogP) is 3.46. The summed E-state index contributed by atoms with van der Waals surface area (Å²) >= 11 is 0. The number of fused-ring (bicyclic) bond motifs is 1. The molecule has 32 heavy (non-hydrogen) atoms. The Morgan fingerprint density at radius 2 is 1.69 bits per heavy atom. The fraction of sp³-hybridized carbons (Fsp3) is 0.583. The van der Waals surface area contributed by atoms with Crippen molar-refractivity contribution in [1.82, 2.24) is 13.8 Å². The third-order valence-electron chi connectivity index (χ3n) is 6.90. The highest BCUT2D eigenvalue weighted by Crippen LogP contribution is 2.26. The van der Waals surface area contributed by atoms with Crippen molar-refractivity contribution < 1.29 is 13.2 Å². The number of sulfonamides is 1. The molecule has 0 aliphatic carbocycles. The van der Waals surface area contributed by atoms with Crippen molar-refractivity contribution in [2.75, 3.05) is 26.2 Å². The maximum absolute atomic E-state index is 13.4. The van der Waals surface area contributed by atoms with Gasteiger partial charge in [-0.05, 0) is 56.7 Å². The van der Waals surface area contributed by atoms with E-state index in [1.165, 1.54) is 10.4 Å². The summed E-state index contributed by atoms with van der Waals surface area (Å²) in [5.74, 6) is 0.265. The van der Waals surface area contributed by atoms with Gasteiger partial charge in [-0.15, -0.1) is 0 Å². The molecular formula is C24H33N3O4S. The summed E-state index contributed by atoms with van der Waals surface area (Å²) in [6.07, 6.45) is 7.39. The molecule has 2 aromatic rings. The van der Waals surface area contributed by atoms with Crippen LogP contribution in [0.25, 0.3) is 10.9 Å². The summed E-state index contributed by atoms with van der Waals surface area (Å²) in [7, 11) is -3.68. The number of piperidine rings is 1. The molecule has 1 amide bonds. The lowest BCUT2D eigenvalue weighted by atomic mass is 10.0. The molecule has 1 aromatic carbocycles. The van der Waals surface area contributed by atoms with Gasteiger partial charge >= 0.3 is 0 Å². The molecule has 0 bridgehead atoms. The van der Waals surface area contributed by atoms with Crippen LogP contribution in [-0.2, 0) is 16.6 Å². The van der Waals surface area contributed by atoms with E-state index in [4.69, 9.17) is 0 Å². The van der Waals surface area contributed by atoms with E-state index in [0.29, 0.717) is 49.5 Å². The van der Waals surface area contributed by atoms with Crippen molar-refractivity contribution in [2.45, 2.75) is 63.8 Å². The molecule has 0 atom stereocenters. The molecule has 0 radical (unpaired) electrons. The minimum absolute atomic E-state index is 0.124. The molecule has 0 saturated carbocycles. The Kier molecular flexibility index (Phi) is 6.72. The van der Waals surface area contributed by atoms with Crippen LogP contribution < -0.4 is 5.43 Å². The minimum Gasteiger partial charge on any atom is -0.347 e. The molecule has 7 nitrogen and oxygen atoms in total. The molecule has 2 aliphatic rings. The zero-order chi connectivity index (χ0) is 22.9. The van der Waals surface area contributed by atoms with Crippen LogP contribution in [0.15, 0.2) is 34.1 Å². The Hall–Kier alpha value is -2.19. The first-order valence-electron chi connectivity index (χ1n) is 11.8. The summed E-state index contributed by atoms with van der Waals surface area (Å²) in [6.45, 7) is 6.96. The molecule has 1 aromatic heterocycles. The monoisotopic (exact) mass is 459 g/mol. The van der Waals surface area contributed by atoms with Crippen LogP contribution >= 0.6 is 0 Å². The highest BCUT2D eigenvalue weighted by atomic mass is 32.2. The first kappa shape index (κ1) is 23.0. The average Bonchev–Trinajstić information content (AvgIpc) is 3.09. The van der Waals surface area contributed by atoms with Crippen LogP contribution in [0, 0.1) is 5.92 Å². The second kappa shape index (κ2) is 9.35. The lowest BCUT2D eigenvalue weighted by Crippen LogP contribution is -2.38. The van der Waals surface area contributed by atoms with E-state index < -0.39 is 10.0 Å². The first-order chi connectivity index (χ1) is 15.3. The van der Waals surface area contributed by atoms with Gasteiger partial charge in [0.2, 0.25) is 15.5 Å². The van der Waals surface area contributed by atoms with Gasteiger partial charge in [-0.25, -0.2) is 8.42 Å². The Morgan fingerprint density at radius 1 is 1.03 bits per heavy atom. The molecule has 8 heteroatoms. The number of benzene rings is 1. The van der Waals surface area contributed by atoms with Crippen LogP contribution in [-0.4, -0.2) is 54.3 Å². The number of rotatable bonds is 4. The van der Waals surface area contributed by atoms with Gasteiger partial charge in [0.25, 0.3) is 5.91 Å². The molecule has 0 unspecified atom stereocenters. The number of pyridine rings is 1. The zero-order valence-electron chi connectivity index (χ0n) is 19.0. The van der Waals surface area contributed by atoms with E-state index in [1.54, 1.807) is 23.2 Å². The predicted molar refractivity (Wildman–Crippen MR) is 125 cm³/mol. The summed E-state index contributed by atoms with van der Waals surface area (Å²) < 4.78 is 29.9. The van der Waals surface area contributed by atoms with Crippen molar-refractivity contribution >= 4 is 26.8 Å². The van der Waals surface area contributed by atoms with Crippen molar-refractivity contribution in [3.05, 3.63) is 40.2 Å². The highest BCUT2D eigenvalue weighted by molar-refractivity contribution is 7.89. The van der Waals surface area contributed by atoms with Gasteiger partial charge < -0.3 is 9.47 Å². The van der Waals surface area contributed by atoms with Crippen molar-refractivity contribution in [3.63, 3.8) is 0 Å². The number of hydrogen-bond donors (Lipinski definition) is 0. The molecule has 2 saturated heterocycles. The van der Waals surface area contributed by atoms with Gasteiger partial charge in [-0.1, -0.05) is 19.8 Å². The molecule has 2 fully saturated rings. The lowest BCUT2D eigenvalue weighted by Gasteiger charge is -2.29. The topological polar surface area (TPSA) is 79.7 Å². The quantitative estimate of drug-likeness (QED) is 0.701. The molecule has 2 aliphatic heterocycles. The number of carbonyl (C=O) groups is 1. The number of amides is 1. The lowest BCUT2D eigenvalue weighted by molar-refractivity contribution is 0.0759. The standard InChI is InChI=1S/C24H33N3O4S/c1-3-25-17-21(24(29)26-12-6-4-5-7-13-26)23(28)20-16-19(8-9-22(20)25)32(30,31)27-14-10-18(2)11-15-27/h8-9,16-18H,3-7,10-15H2,1-2H3. The second-order valence-electron chi connectivity index (χ2n) is 9.13. The van der Waals surface area contributed by atoms with Crippen molar-refractivity contribution in [2.24, 2.45) is 5.92 Å². The third-order valence-corrected chi connectivity index (χ3v) is 8.79. The number of hydrogen-bond acceptors (Lipinski definition) is 4. The maximum Gasteiger partial charge on any atom is 0.259 e. The van der Waals surface area contributed by atoms with E-state index in [1.807, 2.05) is 11.5 Å². The number of aryl methyl sites for hydroxylation is 1. The van der Waals surface area contributed by atoms with Crippen LogP contribution in [0.5, 0.6) is 0 Å². The minimum atomic E-state index is -3.68. The van der Waals surface area contributed by atoms with E-state index in [9.17, 15) is 18.0 Å². The van der Waals surface area contributed by atoms with E-state index in [0.717, 1.165) is 38.5 Å². The van der Waals surface area contributed by atoms with Crippen LogP contribution in [0.4, 0.5) is 0 Å². The Morgan fingerprint density at radius 3 is 2.31 bits per heavy atom. The molecule has 0 spiro atoms. The van der Waals surface area contributed by atoms with Gasteiger partial charge in [0, 0.05) is 44.3 Å². The molecule has 0 N–H and O–H groups in total. The summed E-state index contributed by atoms with van der Waals surface area (Å²) in [6, 6.07) is 4.74. The smallest absolute Gasteiger partial charge is 0.259 e. The summed E-state index contributed by atoms with van der Waals surface area (Å²) in [5, 5.41) is 0.291. The van der Waals surface area contributed by atoms with Crippen molar-refractivity contribution in [3.8, 4) is 0 Å². The van der Waals surface area contributed by atoms with Gasteiger partial charge in [-0.2, -0.15) is 4.31 Å². The molecule has 3 heterocycles. The Labute approximate surface area is 190 Å². The SMILES string of the molecule is CCn1cc(C(=O)N2CCCCCC2)c(=O)c2cc(S(=O)(=O)N3CCC(C)CC3)ccc21. The fourth-order valence-corrected chi connectivity index (χ4v) is 6.27. The van der Waals surface area contributed by atoms with E-state index in [2.05, 4.69) is 6.92 Å². The number of carbonyl (C=O) groups excluding carboxylic acids is 1. The van der Waals surface area contributed by atoms with Crippen molar-refractivity contribution in [1.29, 1.82) is 0 Å². The average molecular weight is 460 g/mol. The first-order valence-corrected chi connectivity index (χ1v) is 13.2. The van der Waals surface area contributed by atoms with Gasteiger partial charge in [0.1, 0.15) is 5.56 Å². The largest absolute Gasteiger partial charge is 0.347 e. The van der Waals surface area contributed by atoms with Crippen LogP contribution in [0.3, 0.4) is 0 Å². The number of nitrogens with zero attached hydrogens (tertiary/aromatic N) is 3. The normalized spacial score (nSPS) is 19.2. The number of aromatic nitrogens is 1. The highest BCUT2D eigenvalue weighted by Gasteiger charge is 2.29. The molecule has 4 rings (SSSR count). The van der Waals surface area contributed by atoms with Gasteiger partial charge in [-0.3, -0.25) is 9.59 Å². The molecular weight excluding hydrogens is 426 g/mol. The maximum atomic E-state index is 13.4. The summed E-state index contributed by atoms with van der Waals surface area (Å²) in [5.41, 5.74) is 0.391. The van der Waals surface area contributed by atoms with Crippen LogP contribution in [0.1, 0.15) is 62.7 Å². The van der Waals surface area contributed by atoms with E-state index >= 15 is 0 Å². The summed E-state index contributed by atoms with van der Waals surface area (Å²) in [4.78, 5) is 28.5. The third kappa shape index (κ3) is 4.35. The number of likely N-dealkylation sites (tertiary alicyclic amines) is 1. The zero-order valence-corrected chi connectivity index (χ0v) is 19.9.